The van der Waals surface area contributed by atoms with Crippen molar-refractivity contribution in [3.63, 3.8) is 0 Å². The molecule has 0 fully saturated rings. The van der Waals surface area contributed by atoms with Crippen LogP contribution in [0.25, 0.3) is 0 Å². The maximum Gasteiger partial charge on any atom is 0.326 e. The average molecular weight is 490 g/mol. The fourth-order valence-corrected chi connectivity index (χ4v) is 3.35. The summed E-state index contributed by atoms with van der Waals surface area (Å²) in [4.78, 5) is 60.9. The fourth-order valence-electron chi connectivity index (χ4n) is 2.88. The number of carboxylic acids is 1. The van der Waals surface area contributed by atoms with Crippen LogP contribution in [0.4, 0.5) is 0 Å². The Morgan fingerprint density at radius 1 is 0.909 bits per heavy atom. The van der Waals surface area contributed by atoms with Gasteiger partial charge in [0.15, 0.2) is 0 Å². The SMILES string of the molecule is CCC(C)C(N)C(=O)NC(C(=O)NC(CCC(N)=O)C(=O)NC(CCSC)C(=O)O)C(C)C. The van der Waals surface area contributed by atoms with Crippen molar-refractivity contribution in [3.05, 3.63) is 0 Å². The van der Waals surface area contributed by atoms with Crippen LogP contribution in [0.1, 0.15) is 53.4 Å². The second-order valence-electron chi connectivity index (χ2n) is 8.39. The first-order valence-corrected chi connectivity index (χ1v) is 12.4. The number of rotatable bonds is 16. The third-order valence-electron chi connectivity index (χ3n) is 5.34. The molecule has 0 aliphatic carbocycles. The van der Waals surface area contributed by atoms with Crippen LogP contribution in [-0.4, -0.2) is 70.9 Å². The van der Waals surface area contributed by atoms with Gasteiger partial charge in [0, 0.05) is 6.42 Å². The van der Waals surface area contributed by atoms with Crippen molar-refractivity contribution >= 4 is 41.4 Å². The van der Waals surface area contributed by atoms with Crippen molar-refractivity contribution in [3.8, 4) is 0 Å². The van der Waals surface area contributed by atoms with Crippen LogP contribution in [0.3, 0.4) is 0 Å². The number of primary amides is 1. The van der Waals surface area contributed by atoms with E-state index in [4.69, 9.17) is 11.5 Å². The summed E-state index contributed by atoms with van der Waals surface area (Å²) in [5, 5.41) is 16.9. The molecule has 0 aliphatic heterocycles. The van der Waals surface area contributed by atoms with Crippen LogP contribution < -0.4 is 27.4 Å². The van der Waals surface area contributed by atoms with Crippen LogP contribution in [0, 0.1) is 11.8 Å². The average Bonchev–Trinajstić information content (AvgIpc) is 2.75. The lowest BCUT2D eigenvalue weighted by atomic mass is 9.97. The summed E-state index contributed by atoms with van der Waals surface area (Å²) in [5.74, 6) is -3.67. The van der Waals surface area contributed by atoms with Gasteiger partial charge in [0.1, 0.15) is 18.1 Å². The van der Waals surface area contributed by atoms with Gasteiger partial charge in [-0.05, 0) is 36.7 Å². The van der Waals surface area contributed by atoms with Gasteiger partial charge < -0.3 is 32.5 Å². The van der Waals surface area contributed by atoms with Gasteiger partial charge in [-0.1, -0.05) is 34.1 Å². The van der Waals surface area contributed by atoms with Gasteiger partial charge in [0.05, 0.1) is 6.04 Å². The second-order valence-corrected chi connectivity index (χ2v) is 9.37. The monoisotopic (exact) mass is 489 g/mol. The summed E-state index contributed by atoms with van der Waals surface area (Å²) >= 11 is 1.43. The number of hydrogen-bond donors (Lipinski definition) is 6. The van der Waals surface area contributed by atoms with E-state index < -0.39 is 53.8 Å². The molecule has 5 unspecified atom stereocenters. The van der Waals surface area contributed by atoms with E-state index in [0.717, 1.165) is 0 Å². The molecule has 0 aliphatic rings. The summed E-state index contributed by atoms with van der Waals surface area (Å²) < 4.78 is 0. The van der Waals surface area contributed by atoms with Crippen LogP contribution >= 0.6 is 11.8 Å². The zero-order valence-corrected chi connectivity index (χ0v) is 20.9. The summed E-state index contributed by atoms with van der Waals surface area (Å²) in [6.45, 7) is 7.17. The summed E-state index contributed by atoms with van der Waals surface area (Å²) in [7, 11) is 0. The minimum atomic E-state index is -1.21. The third kappa shape index (κ3) is 11.4. The zero-order valence-electron chi connectivity index (χ0n) is 20.1. The molecule has 0 radical (unpaired) electrons. The molecule has 0 saturated heterocycles. The Morgan fingerprint density at radius 2 is 1.48 bits per heavy atom. The first-order valence-electron chi connectivity index (χ1n) is 11.0. The minimum absolute atomic E-state index is 0.0933. The van der Waals surface area contributed by atoms with Gasteiger partial charge in [0.25, 0.3) is 0 Å². The highest BCUT2D eigenvalue weighted by Gasteiger charge is 2.32. The molecule has 0 saturated carbocycles. The Balaban J connectivity index is 5.50. The van der Waals surface area contributed by atoms with E-state index in [1.807, 2.05) is 20.1 Å². The molecule has 0 aromatic carbocycles. The number of hydrogen-bond acceptors (Lipinski definition) is 7. The van der Waals surface area contributed by atoms with E-state index >= 15 is 0 Å². The molecule has 8 N–H and O–H groups in total. The number of aliphatic carboxylic acids is 1. The molecule has 0 rings (SSSR count). The molecule has 0 bridgehead atoms. The molecular weight excluding hydrogens is 450 g/mol. The maximum atomic E-state index is 13.0. The number of carboxylic acid groups (broad SMARTS) is 1. The van der Waals surface area contributed by atoms with Crippen molar-refractivity contribution in [2.24, 2.45) is 23.3 Å². The van der Waals surface area contributed by atoms with Gasteiger partial charge in [0.2, 0.25) is 23.6 Å². The molecule has 5 atom stereocenters. The highest BCUT2D eigenvalue weighted by Crippen LogP contribution is 2.09. The van der Waals surface area contributed by atoms with Crippen LogP contribution in [-0.2, 0) is 24.0 Å². The Bertz CT molecular complexity index is 690. The van der Waals surface area contributed by atoms with E-state index in [9.17, 15) is 29.1 Å². The van der Waals surface area contributed by atoms with Crippen LogP contribution in [0.5, 0.6) is 0 Å². The molecule has 33 heavy (non-hydrogen) atoms. The minimum Gasteiger partial charge on any atom is -0.480 e. The van der Waals surface area contributed by atoms with E-state index in [-0.39, 0.29) is 31.1 Å². The summed E-state index contributed by atoms with van der Waals surface area (Å²) in [6, 6.07) is -4.14. The lowest BCUT2D eigenvalue weighted by Crippen LogP contribution is -2.59. The van der Waals surface area contributed by atoms with Gasteiger partial charge in [-0.15, -0.1) is 0 Å². The maximum absolute atomic E-state index is 13.0. The molecule has 0 aromatic heterocycles. The first-order chi connectivity index (χ1) is 15.3. The summed E-state index contributed by atoms with van der Waals surface area (Å²) in [5.41, 5.74) is 11.1. The number of nitrogens with two attached hydrogens (primary N) is 2. The lowest BCUT2D eigenvalue weighted by molar-refractivity contribution is -0.142. The van der Waals surface area contributed by atoms with Crippen molar-refractivity contribution in [2.75, 3.05) is 12.0 Å². The normalized spacial score (nSPS) is 15.6. The smallest absolute Gasteiger partial charge is 0.326 e. The van der Waals surface area contributed by atoms with E-state index in [2.05, 4.69) is 16.0 Å². The molecule has 0 aromatic rings. The molecule has 4 amide bonds. The Hall–Kier alpha value is -2.34. The largest absolute Gasteiger partial charge is 0.480 e. The predicted octanol–water partition coefficient (Wildman–Crippen LogP) is -0.427. The molecule has 11 nitrogen and oxygen atoms in total. The van der Waals surface area contributed by atoms with Crippen molar-refractivity contribution < 1.29 is 29.1 Å². The third-order valence-corrected chi connectivity index (χ3v) is 5.99. The van der Waals surface area contributed by atoms with Gasteiger partial charge in [-0.3, -0.25) is 19.2 Å². The Kier molecular flexibility index (Phi) is 14.4. The molecular formula is C21H39N5O6S. The molecule has 190 valence electrons. The molecule has 0 heterocycles. The summed E-state index contributed by atoms with van der Waals surface area (Å²) in [6.07, 6.45) is 2.37. The fraction of sp³-hybridized carbons (Fsp3) is 0.762. The highest BCUT2D eigenvalue weighted by molar-refractivity contribution is 7.98. The first kappa shape index (κ1) is 30.7. The zero-order chi connectivity index (χ0) is 25.7. The van der Waals surface area contributed by atoms with E-state index in [0.29, 0.717) is 12.2 Å². The molecule has 12 heteroatoms. The topological polar surface area (TPSA) is 194 Å². The second kappa shape index (κ2) is 15.5. The number of thioether (sulfide) groups is 1. The van der Waals surface area contributed by atoms with Gasteiger partial charge >= 0.3 is 5.97 Å². The lowest BCUT2D eigenvalue weighted by Gasteiger charge is -2.27. The quantitative estimate of drug-likeness (QED) is 0.168. The van der Waals surface area contributed by atoms with Crippen molar-refractivity contribution in [1.82, 2.24) is 16.0 Å². The predicted molar refractivity (Wildman–Crippen MR) is 127 cm³/mol. The number of amides is 4. The standard InChI is InChI=1S/C21H39N5O6S/c1-6-12(4)16(23)19(29)26-17(11(2)3)20(30)24-13(7-8-15(22)27)18(28)25-14(21(31)32)9-10-33-5/h11-14,16-17H,6-10,23H2,1-5H3,(H2,22,27)(H,24,30)(H,25,28)(H,26,29)(H,31,32). The molecule has 0 spiro atoms. The van der Waals surface area contributed by atoms with E-state index in [1.54, 1.807) is 13.8 Å². The van der Waals surface area contributed by atoms with E-state index in [1.165, 1.54) is 11.8 Å². The van der Waals surface area contributed by atoms with Gasteiger partial charge in [-0.25, -0.2) is 4.79 Å². The number of carbonyl (C=O) groups excluding carboxylic acids is 4. The Morgan fingerprint density at radius 3 is 1.94 bits per heavy atom. The van der Waals surface area contributed by atoms with Crippen LogP contribution in [0.2, 0.25) is 0 Å². The number of nitrogens with one attached hydrogen (secondary N) is 3. The number of carbonyl (C=O) groups is 5. The van der Waals surface area contributed by atoms with Crippen molar-refractivity contribution in [2.45, 2.75) is 77.5 Å². The van der Waals surface area contributed by atoms with Crippen LogP contribution in [0.15, 0.2) is 0 Å². The van der Waals surface area contributed by atoms with Gasteiger partial charge in [-0.2, -0.15) is 11.8 Å². The highest BCUT2D eigenvalue weighted by atomic mass is 32.2. The van der Waals surface area contributed by atoms with Crippen molar-refractivity contribution in [1.29, 1.82) is 0 Å². The Labute approximate surface area is 199 Å².